The highest BCUT2D eigenvalue weighted by Crippen LogP contribution is 2.26. The number of carbonyl (C=O) groups excluding carboxylic acids is 1. The van der Waals surface area contributed by atoms with Crippen molar-refractivity contribution < 1.29 is 21.6 Å². The minimum absolute atomic E-state index is 0.146. The van der Waals surface area contributed by atoms with Gasteiger partial charge in [-0.2, -0.15) is 8.61 Å². The molecule has 0 spiro atoms. The van der Waals surface area contributed by atoms with E-state index in [1.807, 2.05) is 0 Å². The van der Waals surface area contributed by atoms with Crippen LogP contribution in [0.15, 0.2) is 58.6 Å². The molecule has 0 atom stereocenters. The number of pyridine rings is 1. The van der Waals surface area contributed by atoms with Gasteiger partial charge in [0.25, 0.3) is 0 Å². The number of aromatic nitrogens is 1. The van der Waals surface area contributed by atoms with Crippen LogP contribution in [-0.4, -0.2) is 62.5 Å². The number of benzene rings is 1. The first-order valence-corrected chi connectivity index (χ1v) is 14.0. The van der Waals surface area contributed by atoms with Crippen LogP contribution in [0.4, 0.5) is 5.69 Å². The molecule has 0 aliphatic carbocycles. The smallest absolute Gasteiger partial charge is 0.244 e. The van der Waals surface area contributed by atoms with Crippen molar-refractivity contribution in [1.29, 1.82) is 0 Å². The molecule has 1 aromatic heterocycles. The van der Waals surface area contributed by atoms with Crippen LogP contribution in [0, 0.1) is 5.92 Å². The van der Waals surface area contributed by atoms with Crippen molar-refractivity contribution in [3.63, 3.8) is 0 Å². The number of piperidine rings is 2. The van der Waals surface area contributed by atoms with Crippen molar-refractivity contribution in [2.45, 2.75) is 41.9 Å². The van der Waals surface area contributed by atoms with E-state index in [-0.39, 0.29) is 34.7 Å². The highest BCUT2D eigenvalue weighted by molar-refractivity contribution is 7.89. The maximum atomic E-state index is 12.8. The fourth-order valence-electron chi connectivity index (χ4n) is 4.22. The lowest BCUT2D eigenvalue weighted by atomic mass is 9.97. The Bertz CT molecular complexity index is 1170. The zero-order valence-electron chi connectivity index (χ0n) is 18.3. The van der Waals surface area contributed by atoms with Crippen LogP contribution in [0.2, 0.25) is 0 Å². The average molecular weight is 493 g/mol. The first-order chi connectivity index (χ1) is 15.8. The van der Waals surface area contributed by atoms with Gasteiger partial charge in [-0.3, -0.25) is 9.78 Å². The summed E-state index contributed by atoms with van der Waals surface area (Å²) >= 11 is 0. The summed E-state index contributed by atoms with van der Waals surface area (Å²) in [7, 11) is -7.14. The fourth-order valence-corrected chi connectivity index (χ4v) is 7.17. The Labute approximate surface area is 194 Å². The second-order valence-corrected chi connectivity index (χ2v) is 12.2. The molecule has 3 heterocycles. The molecule has 1 N–H and O–H groups in total. The van der Waals surface area contributed by atoms with Gasteiger partial charge in [0.2, 0.25) is 26.0 Å². The Hall–Kier alpha value is -2.34. The summed E-state index contributed by atoms with van der Waals surface area (Å²) in [5.41, 5.74) is 0.517. The van der Waals surface area contributed by atoms with Crippen molar-refractivity contribution in [1.82, 2.24) is 13.6 Å². The number of hydrogen-bond acceptors (Lipinski definition) is 6. The first kappa shape index (κ1) is 23.8. The van der Waals surface area contributed by atoms with Crippen molar-refractivity contribution in [2.24, 2.45) is 5.92 Å². The maximum Gasteiger partial charge on any atom is 0.244 e. The molecule has 2 aliphatic rings. The molecule has 0 saturated carbocycles. The van der Waals surface area contributed by atoms with Gasteiger partial charge >= 0.3 is 0 Å². The molecule has 33 heavy (non-hydrogen) atoms. The van der Waals surface area contributed by atoms with Gasteiger partial charge in [-0.1, -0.05) is 6.42 Å². The molecule has 2 saturated heterocycles. The van der Waals surface area contributed by atoms with Crippen LogP contribution < -0.4 is 5.32 Å². The van der Waals surface area contributed by atoms with Crippen molar-refractivity contribution >= 4 is 31.6 Å². The van der Waals surface area contributed by atoms with Gasteiger partial charge in [-0.05, 0) is 62.1 Å². The van der Waals surface area contributed by atoms with Crippen molar-refractivity contribution in [2.75, 3.05) is 31.5 Å². The largest absolute Gasteiger partial charge is 0.326 e. The van der Waals surface area contributed by atoms with E-state index in [9.17, 15) is 21.6 Å². The minimum Gasteiger partial charge on any atom is -0.326 e. The lowest BCUT2D eigenvalue weighted by molar-refractivity contribution is -0.120. The van der Waals surface area contributed by atoms with E-state index in [0.29, 0.717) is 31.6 Å². The summed E-state index contributed by atoms with van der Waals surface area (Å²) in [6.07, 6.45) is 6.45. The number of carbonyl (C=O) groups is 1. The normalized spacial score (nSPS) is 19.3. The Morgan fingerprint density at radius 1 is 0.818 bits per heavy atom. The maximum absolute atomic E-state index is 12.8. The van der Waals surface area contributed by atoms with Crippen LogP contribution in [-0.2, 0) is 24.8 Å². The van der Waals surface area contributed by atoms with E-state index >= 15 is 0 Å². The summed E-state index contributed by atoms with van der Waals surface area (Å²) in [5.74, 6) is -0.512. The molecule has 2 aliphatic heterocycles. The molecule has 1 aromatic carbocycles. The molecular formula is C22H28N4O5S2. The number of nitrogens with zero attached hydrogens (tertiary/aromatic N) is 3. The number of sulfonamides is 2. The van der Waals surface area contributed by atoms with Gasteiger partial charge in [-0.15, -0.1) is 0 Å². The van der Waals surface area contributed by atoms with Crippen molar-refractivity contribution in [3.8, 4) is 0 Å². The zero-order chi connectivity index (χ0) is 23.5. The van der Waals surface area contributed by atoms with E-state index < -0.39 is 20.0 Å². The van der Waals surface area contributed by atoms with Gasteiger partial charge in [0.15, 0.2) is 0 Å². The Morgan fingerprint density at radius 2 is 1.42 bits per heavy atom. The SMILES string of the molecule is O=C(Nc1ccc(S(=O)(=O)N2CCCCC2)cc1)C1CCN(S(=O)(=O)c2cccnc2)CC1. The van der Waals surface area contributed by atoms with Crippen molar-refractivity contribution in [3.05, 3.63) is 48.8 Å². The molecule has 9 nitrogen and oxygen atoms in total. The summed E-state index contributed by atoms with van der Waals surface area (Å²) in [6.45, 7) is 1.58. The van der Waals surface area contributed by atoms with Gasteiger partial charge in [-0.25, -0.2) is 16.8 Å². The third-order valence-electron chi connectivity index (χ3n) is 6.17. The zero-order valence-corrected chi connectivity index (χ0v) is 19.9. The Morgan fingerprint density at radius 3 is 2.03 bits per heavy atom. The molecule has 2 fully saturated rings. The number of amides is 1. The van der Waals surface area contributed by atoms with Gasteiger partial charge in [0.1, 0.15) is 4.90 Å². The summed E-state index contributed by atoms with van der Waals surface area (Å²) in [5, 5.41) is 2.83. The number of rotatable bonds is 6. The molecule has 0 radical (unpaired) electrons. The lowest BCUT2D eigenvalue weighted by Crippen LogP contribution is -2.41. The van der Waals surface area contributed by atoms with Gasteiger partial charge < -0.3 is 5.32 Å². The van der Waals surface area contributed by atoms with Crippen LogP contribution in [0.25, 0.3) is 0 Å². The number of anilines is 1. The fraction of sp³-hybridized carbons (Fsp3) is 0.455. The molecule has 1 amide bonds. The summed E-state index contributed by atoms with van der Waals surface area (Å²) in [6, 6.07) is 9.31. The molecule has 11 heteroatoms. The predicted molar refractivity (Wildman–Crippen MR) is 123 cm³/mol. The van der Waals surface area contributed by atoms with E-state index in [0.717, 1.165) is 19.3 Å². The Balaban J connectivity index is 1.34. The van der Waals surface area contributed by atoms with Crippen LogP contribution in [0.5, 0.6) is 0 Å². The third kappa shape index (κ3) is 5.26. The van der Waals surface area contributed by atoms with Gasteiger partial charge in [0.05, 0.1) is 4.90 Å². The Kier molecular flexibility index (Phi) is 7.13. The second kappa shape index (κ2) is 9.88. The minimum atomic E-state index is -3.62. The van der Waals surface area contributed by atoms with E-state index in [4.69, 9.17) is 0 Å². The third-order valence-corrected chi connectivity index (χ3v) is 9.97. The molecular weight excluding hydrogens is 464 g/mol. The highest BCUT2D eigenvalue weighted by atomic mass is 32.2. The average Bonchev–Trinajstić information content (AvgIpc) is 2.85. The number of nitrogens with one attached hydrogen (secondary N) is 1. The standard InChI is InChI=1S/C22H28N4O5S2/c27-22(18-10-15-26(16-11-18)33(30,31)21-5-4-12-23-17-21)24-19-6-8-20(9-7-19)32(28,29)25-13-2-1-3-14-25/h4-9,12,17-18H,1-3,10-11,13-16H2,(H,24,27). The van der Waals surface area contributed by atoms with Gasteiger partial charge in [0, 0.05) is 50.2 Å². The summed E-state index contributed by atoms with van der Waals surface area (Å²) in [4.78, 5) is 16.9. The highest BCUT2D eigenvalue weighted by Gasteiger charge is 2.32. The second-order valence-electron chi connectivity index (χ2n) is 8.35. The summed E-state index contributed by atoms with van der Waals surface area (Å²) < 4.78 is 53.9. The van der Waals surface area contributed by atoms with E-state index in [1.54, 1.807) is 18.2 Å². The van der Waals surface area contributed by atoms with E-state index in [1.165, 1.54) is 39.2 Å². The molecule has 0 bridgehead atoms. The topological polar surface area (TPSA) is 117 Å². The van der Waals surface area contributed by atoms with Crippen LogP contribution in [0.3, 0.4) is 0 Å². The van der Waals surface area contributed by atoms with Crippen LogP contribution in [0.1, 0.15) is 32.1 Å². The quantitative estimate of drug-likeness (QED) is 0.661. The first-order valence-electron chi connectivity index (χ1n) is 11.1. The molecule has 4 rings (SSSR count). The number of hydrogen-bond donors (Lipinski definition) is 1. The van der Waals surface area contributed by atoms with E-state index in [2.05, 4.69) is 10.3 Å². The predicted octanol–water partition coefficient (Wildman–Crippen LogP) is 2.30. The lowest BCUT2D eigenvalue weighted by Gasteiger charge is -2.30. The molecule has 0 unspecified atom stereocenters. The van der Waals surface area contributed by atoms with Crippen LogP contribution >= 0.6 is 0 Å². The molecule has 178 valence electrons. The monoisotopic (exact) mass is 492 g/mol. The molecule has 2 aromatic rings.